The molecule has 0 saturated carbocycles. The summed E-state index contributed by atoms with van der Waals surface area (Å²) in [6.07, 6.45) is 5.04. The summed E-state index contributed by atoms with van der Waals surface area (Å²) >= 11 is 0. The first-order chi connectivity index (χ1) is 6.81. The molecule has 0 radical (unpaired) electrons. The van der Waals surface area contributed by atoms with Crippen LogP contribution in [0.15, 0.2) is 18.6 Å². The molecule has 7 nitrogen and oxygen atoms in total. The van der Waals surface area contributed by atoms with Crippen LogP contribution in [0.25, 0.3) is 0 Å². The standard InChI is InChI=1S/C7H11N7/c1-14-11-4-5(13-14)6(12-8)7-9-2-3-10-7/h2-4,6,12H,8H2,1H3,(H,9,10). The molecule has 0 aliphatic heterocycles. The zero-order chi connectivity index (χ0) is 9.97. The number of imidazole rings is 1. The first kappa shape index (κ1) is 8.85. The molecule has 0 spiro atoms. The molecular weight excluding hydrogens is 182 g/mol. The fraction of sp³-hybridized carbons (Fsp3) is 0.286. The minimum atomic E-state index is -0.251. The van der Waals surface area contributed by atoms with Crippen molar-refractivity contribution in [1.82, 2.24) is 30.4 Å². The van der Waals surface area contributed by atoms with Crippen molar-refractivity contribution >= 4 is 0 Å². The molecule has 2 heterocycles. The highest BCUT2D eigenvalue weighted by atomic mass is 15.5. The number of aromatic nitrogens is 5. The molecule has 1 atom stereocenters. The van der Waals surface area contributed by atoms with E-state index in [4.69, 9.17) is 5.84 Å². The van der Waals surface area contributed by atoms with Gasteiger partial charge in [-0.2, -0.15) is 15.0 Å². The van der Waals surface area contributed by atoms with E-state index in [1.807, 2.05) is 0 Å². The van der Waals surface area contributed by atoms with Gasteiger partial charge in [0.1, 0.15) is 17.6 Å². The van der Waals surface area contributed by atoms with E-state index in [0.29, 0.717) is 5.82 Å². The Bertz CT molecular complexity index is 390. The summed E-state index contributed by atoms with van der Waals surface area (Å²) in [5, 5.41) is 8.10. The Balaban J connectivity index is 2.31. The van der Waals surface area contributed by atoms with Gasteiger partial charge in [0, 0.05) is 19.4 Å². The SMILES string of the molecule is Cn1ncc(C(NN)c2ncc[nH]2)n1. The Labute approximate surface area is 80.3 Å². The highest BCUT2D eigenvalue weighted by Crippen LogP contribution is 2.13. The molecule has 0 aromatic carbocycles. The van der Waals surface area contributed by atoms with Crippen LogP contribution in [0.5, 0.6) is 0 Å². The van der Waals surface area contributed by atoms with Crippen LogP contribution in [-0.2, 0) is 7.05 Å². The van der Waals surface area contributed by atoms with Gasteiger partial charge < -0.3 is 4.98 Å². The van der Waals surface area contributed by atoms with Gasteiger partial charge in [-0.15, -0.1) is 0 Å². The van der Waals surface area contributed by atoms with E-state index >= 15 is 0 Å². The van der Waals surface area contributed by atoms with Crippen molar-refractivity contribution in [3.63, 3.8) is 0 Å². The first-order valence-electron chi connectivity index (χ1n) is 4.13. The molecule has 0 saturated heterocycles. The van der Waals surface area contributed by atoms with Crippen molar-refractivity contribution in [1.29, 1.82) is 0 Å². The Morgan fingerprint density at radius 2 is 2.50 bits per heavy atom. The zero-order valence-electron chi connectivity index (χ0n) is 7.68. The summed E-state index contributed by atoms with van der Waals surface area (Å²) in [4.78, 5) is 8.54. The van der Waals surface area contributed by atoms with Crippen LogP contribution in [0.1, 0.15) is 17.6 Å². The molecule has 4 N–H and O–H groups in total. The number of aromatic amines is 1. The molecule has 0 amide bonds. The molecule has 0 aliphatic carbocycles. The highest BCUT2D eigenvalue weighted by Gasteiger charge is 2.17. The number of aryl methyl sites for hydroxylation is 1. The van der Waals surface area contributed by atoms with Crippen LogP contribution < -0.4 is 11.3 Å². The van der Waals surface area contributed by atoms with Gasteiger partial charge in [-0.05, 0) is 0 Å². The maximum atomic E-state index is 5.42. The Morgan fingerprint density at radius 1 is 1.64 bits per heavy atom. The molecule has 0 fully saturated rings. The molecule has 2 aromatic rings. The smallest absolute Gasteiger partial charge is 0.130 e. The Kier molecular flexibility index (Phi) is 2.25. The lowest BCUT2D eigenvalue weighted by Gasteiger charge is -2.08. The lowest BCUT2D eigenvalue weighted by molar-refractivity contribution is 0.571. The summed E-state index contributed by atoms with van der Waals surface area (Å²) in [7, 11) is 1.75. The van der Waals surface area contributed by atoms with Crippen LogP contribution in [0.3, 0.4) is 0 Å². The highest BCUT2D eigenvalue weighted by molar-refractivity contribution is 5.12. The maximum Gasteiger partial charge on any atom is 0.130 e. The van der Waals surface area contributed by atoms with Gasteiger partial charge in [0.25, 0.3) is 0 Å². The van der Waals surface area contributed by atoms with Gasteiger partial charge in [-0.3, -0.25) is 5.84 Å². The van der Waals surface area contributed by atoms with Crippen LogP contribution in [-0.4, -0.2) is 25.0 Å². The van der Waals surface area contributed by atoms with E-state index in [1.165, 1.54) is 4.80 Å². The van der Waals surface area contributed by atoms with Crippen molar-refractivity contribution < 1.29 is 0 Å². The topological polar surface area (TPSA) is 97.4 Å². The maximum absolute atomic E-state index is 5.42. The molecule has 14 heavy (non-hydrogen) atoms. The summed E-state index contributed by atoms with van der Waals surface area (Å²) in [5.41, 5.74) is 3.35. The van der Waals surface area contributed by atoms with E-state index in [-0.39, 0.29) is 6.04 Å². The van der Waals surface area contributed by atoms with E-state index in [9.17, 15) is 0 Å². The first-order valence-corrected chi connectivity index (χ1v) is 4.13. The minimum Gasteiger partial charge on any atom is -0.347 e. The summed E-state index contributed by atoms with van der Waals surface area (Å²) < 4.78 is 0. The zero-order valence-corrected chi connectivity index (χ0v) is 7.68. The average molecular weight is 193 g/mol. The van der Waals surface area contributed by atoms with E-state index in [2.05, 4.69) is 25.6 Å². The minimum absolute atomic E-state index is 0.251. The number of nitrogens with zero attached hydrogens (tertiary/aromatic N) is 4. The summed E-state index contributed by atoms with van der Waals surface area (Å²) in [6, 6.07) is -0.251. The molecule has 2 rings (SSSR count). The number of rotatable bonds is 3. The Morgan fingerprint density at radius 3 is 3.00 bits per heavy atom. The molecule has 0 bridgehead atoms. The molecule has 1 unspecified atom stereocenters. The van der Waals surface area contributed by atoms with Crippen molar-refractivity contribution in [2.24, 2.45) is 12.9 Å². The third-order valence-corrected chi connectivity index (χ3v) is 1.87. The number of nitrogens with two attached hydrogens (primary N) is 1. The average Bonchev–Trinajstić information content (AvgIpc) is 2.79. The normalized spacial score (nSPS) is 13.0. The number of hydrogen-bond acceptors (Lipinski definition) is 5. The molecule has 0 aliphatic rings. The third-order valence-electron chi connectivity index (χ3n) is 1.87. The van der Waals surface area contributed by atoms with E-state index < -0.39 is 0 Å². The van der Waals surface area contributed by atoms with Crippen molar-refractivity contribution in [2.75, 3.05) is 0 Å². The van der Waals surface area contributed by atoms with Gasteiger partial charge in [-0.1, -0.05) is 0 Å². The number of hydrazine groups is 1. The van der Waals surface area contributed by atoms with E-state index in [0.717, 1.165) is 5.69 Å². The van der Waals surface area contributed by atoms with Crippen molar-refractivity contribution in [3.05, 3.63) is 30.1 Å². The second-order valence-corrected chi connectivity index (χ2v) is 2.83. The van der Waals surface area contributed by atoms with Gasteiger partial charge in [-0.25, -0.2) is 10.4 Å². The lowest BCUT2D eigenvalue weighted by atomic mass is 10.2. The molecule has 74 valence electrons. The number of nitrogens with one attached hydrogen (secondary N) is 2. The quantitative estimate of drug-likeness (QED) is 0.433. The van der Waals surface area contributed by atoms with Crippen molar-refractivity contribution in [3.8, 4) is 0 Å². The largest absolute Gasteiger partial charge is 0.347 e. The van der Waals surface area contributed by atoms with Crippen molar-refractivity contribution in [2.45, 2.75) is 6.04 Å². The summed E-state index contributed by atoms with van der Waals surface area (Å²) in [6.45, 7) is 0. The third kappa shape index (κ3) is 1.50. The van der Waals surface area contributed by atoms with Crippen LogP contribution in [0.2, 0.25) is 0 Å². The molecule has 7 heteroatoms. The summed E-state index contributed by atoms with van der Waals surface area (Å²) in [5.74, 6) is 6.13. The Hall–Kier alpha value is -1.73. The second-order valence-electron chi connectivity index (χ2n) is 2.83. The second kappa shape index (κ2) is 3.56. The molecule has 2 aromatic heterocycles. The van der Waals surface area contributed by atoms with Crippen LogP contribution in [0.4, 0.5) is 0 Å². The van der Waals surface area contributed by atoms with Crippen LogP contribution in [0, 0.1) is 0 Å². The fourth-order valence-corrected chi connectivity index (χ4v) is 1.23. The van der Waals surface area contributed by atoms with Gasteiger partial charge in [0.2, 0.25) is 0 Å². The van der Waals surface area contributed by atoms with Gasteiger partial charge in [0.15, 0.2) is 0 Å². The van der Waals surface area contributed by atoms with Gasteiger partial charge >= 0.3 is 0 Å². The predicted octanol–water partition coefficient (Wildman–Crippen LogP) is -0.909. The number of hydrogen-bond donors (Lipinski definition) is 3. The van der Waals surface area contributed by atoms with Crippen LogP contribution >= 0.6 is 0 Å². The lowest BCUT2D eigenvalue weighted by Crippen LogP contribution is -2.30. The fourth-order valence-electron chi connectivity index (χ4n) is 1.23. The van der Waals surface area contributed by atoms with E-state index in [1.54, 1.807) is 25.6 Å². The van der Waals surface area contributed by atoms with Gasteiger partial charge in [0.05, 0.1) is 6.20 Å². The predicted molar refractivity (Wildman–Crippen MR) is 48.8 cm³/mol. The molecular formula is C7H11N7. The number of H-pyrrole nitrogens is 1. The monoisotopic (exact) mass is 193 g/mol.